The second-order valence-corrected chi connectivity index (χ2v) is 6.56. The summed E-state index contributed by atoms with van der Waals surface area (Å²) in [6, 6.07) is 8.22. The second kappa shape index (κ2) is 4.99. The standard InChI is InChI=1S/C15H17BrN2O/c1-10-13(7-17)12-5-4-11(16)6-14(12)18(10)8-15(2,3)9-19/h4-6,19H,8-9H2,1-3H3. The predicted octanol–water partition coefficient (Wildman–Crippen LogP) is 3.60. The molecule has 1 heterocycles. The molecule has 1 aromatic carbocycles. The van der Waals surface area contributed by atoms with Gasteiger partial charge in [0.05, 0.1) is 11.1 Å². The lowest BCUT2D eigenvalue weighted by Gasteiger charge is -2.24. The molecule has 0 bridgehead atoms. The first-order valence-electron chi connectivity index (χ1n) is 6.19. The molecule has 0 atom stereocenters. The van der Waals surface area contributed by atoms with Crippen molar-refractivity contribution in [2.45, 2.75) is 27.3 Å². The van der Waals surface area contributed by atoms with Gasteiger partial charge >= 0.3 is 0 Å². The SMILES string of the molecule is Cc1c(C#N)c2ccc(Br)cc2n1CC(C)(C)CO. The van der Waals surface area contributed by atoms with Crippen LogP contribution in [0.4, 0.5) is 0 Å². The van der Waals surface area contributed by atoms with Gasteiger partial charge in [-0.2, -0.15) is 5.26 Å². The van der Waals surface area contributed by atoms with Crippen LogP contribution in [0.15, 0.2) is 22.7 Å². The maximum Gasteiger partial charge on any atom is 0.102 e. The van der Waals surface area contributed by atoms with Gasteiger partial charge in [0.2, 0.25) is 0 Å². The van der Waals surface area contributed by atoms with E-state index in [9.17, 15) is 10.4 Å². The Labute approximate surface area is 121 Å². The molecule has 0 aliphatic rings. The molecule has 100 valence electrons. The topological polar surface area (TPSA) is 49.0 Å². The quantitative estimate of drug-likeness (QED) is 0.939. The van der Waals surface area contributed by atoms with E-state index in [1.807, 2.05) is 39.0 Å². The summed E-state index contributed by atoms with van der Waals surface area (Å²) in [6.07, 6.45) is 0. The van der Waals surface area contributed by atoms with Crippen molar-refractivity contribution in [2.24, 2.45) is 5.41 Å². The molecular formula is C15H17BrN2O. The lowest BCUT2D eigenvalue weighted by Crippen LogP contribution is -2.24. The Bertz CT molecular complexity index is 665. The van der Waals surface area contributed by atoms with Gasteiger partial charge in [-0.3, -0.25) is 0 Å². The number of hydrogen-bond acceptors (Lipinski definition) is 2. The van der Waals surface area contributed by atoms with Crippen LogP contribution in [0.5, 0.6) is 0 Å². The largest absolute Gasteiger partial charge is 0.396 e. The third-order valence-corrected chi connectivity index (χ3v) is 3.91. The maximum atomic E-state index is 9.45. The third kappa shape index (κ3) is 2.54. The molecule has 1 N–H and O–H groups in total. The van der Waals surface area contributed by atoms with Crippen LogP contribution in [0, 0.1) is 23.7 Å². The van der Waals surface area contributed by atoms with Crippen molar-refractivity contribution in [1.29, 1.82) is 5.26 Å². The highest BCUT2D eigenvalue weighted by Crippen LogP contribution is 2.30. The number of hydrogen-bond donors (Lipinski definition) is 1. The van der Waals surface area contributed by atoms with Gasteiger partial charge in [0.15, 0.2) is 0 Å². The van der Waals surface area contributed by atoms with Gasteiger partial charge in [0.1, 0.15) is 6.07 Å². The van der Waals surface area contributed by atoms with Gasteiger partial charge in [-0.1, -0.05) is 35.8 Å². The Balaban J connectivity index is 2.69. The highest BCUT2D eigenvalue weighted by Gasteiger charge is 2.22. The van der Waals surface area contributed by atoms with E-state index in [1.165, 1.54) is 0 Å². The first-order valence-corrected chi connectivity index (χ1v) is 6.98. The van der Waals surface area contributed by atoms with Gasteiger partial charge in [-0.05, 0) is 19.1 Å². The Kier molecular flexibility index (Phi) is 3.71. The van der Waals surface area contributed by atoms with E-state index >= 15 is 0 Å². The maximum absolute atomic E-state index is 9.45. The van der Waals surface area contributed by atoms with Crippen molar-refractivity contribution >= 4 is 26.8 Å². The van der Waals surface area contributed by atoms with Gasteiger partial charge in [0.25, 0.3) is 0 Å². The number of aromatic nitrogens is 1. The lowest BCUT2D eigenvalue weighted by molar-refractivity contribution is 0.141. The molecule has 2 rings (SSSR count). The summed E-state index contributed by atoms with van der Waals surface area (Å²) in [4.78, 5) is 0. The molecule has 2 aromatic rings. The number of halogens is 1. The molecule has 0 spiro atoms. The van der Waals surface area contributed by atoms with Crippen molar-refractivity contribution < 1.29 is 5.11 Å². The van der Waals surface area contributed by atoms with E-state index in [0.29, 0.717) is 6.54 Å². The molecule has 0 aliphatic heterocycles. The van der Waals surface area contributed by atoms with Crippen molar-refractivity contribution in [3.05, 3.63) is 33.9 Å². The van der Waals surface area contributed by atoms with Crippen LogP contribution in [-0.4, -0.2) is 16.3 Å². The Morgan fingerprint density at radius 3 is 2.68 bits per heavy atom. The van der Waals surface area contributed by atoms with E-state index in [2.05, 4.69) is 26.6 Å². The minimum Gasteiger partial charge on any atom is -0.396 e. The van der Waals surface area contributed by atoms with Crippen molar-refractivity contribution in [2.75, 3.05) is 6.61 Å². The molecule has 0 amide bonds. The summed E-state index contributed by atoms with van der Waals surface area (Å²) in [5.41, 5.74) is 2.49. The van der Waals surface area contributed by atoms with E-state index in [1.54, 1.807) is 0 Å². The molecule has 0 saturated heterocycles. The van der Waals surface area contributed by atoms with Crippen LogP contribution in [0.2, 0.25) is 0 Å². The molecule has 0 fully saturated rings. The van der Waals surface area contributed by atoms with E-state index in [4.69, 9.17) is 0 Å². The highest BCUT2D eigenvalue weighted by molar-refractivity contribution is 9.10. The van der Waals surface area contributed by atoms with E-state index in [0.717, 1.165) is 26.6 Å². The third-order valence-electron chi connectivity index (χ3n) is 3.41. The fraction of sp³-hybridized carbons (Fsp3) is 0.400. The van der Waals surface area contributed by atoms with Crippen LogP contribution < -0.4 is 0 Å². The normalized spacial score (nSPS) is 11.8. The zero-order chi connectivity index (χ0) is 14.2. The summed E-state index contributed by atoms with van der Waals surface area (Å²) in [7, 11) is 0. The Hall–Kier alpha value is -1.31. The molecule has 1 aromatic heterocycles. The Morgan fingerprint density at radius 1 is 1.42 bits per heavy atom. The van der Waals surface area contributed by atoms with Gasteiger partial charge < -0.3 is 9.67 Å². The molecule has 3 nitrogen and oxygen atoms in total. The van der Waals surface area contributed by atoms with Crippen LogP contribution in [0.1, 0.15) is 25.1 Å². The highest BCUT2D eigenvalue weighted by atomic mass is 79.9. The molecular weight excluding hydrogens is 304 g/mol. The Morgan fingerprint density at radius 2 is 2.11 bits per heavy atom. The van der Waals surface area contributed by atoms with Crippen LogP contribution in [-0.2, 0) is 6.54 Å². The lowest BCUT2D eigenvalue weighted by atomic mass is 9.95. The van der Waals surface area contributed by atoms with E-state index < -0.39 is 0 Å². The van der Waals surface area contributed by atoms with Gasteiger partial charge in [-0.25, -0.2) is 0 Å². The second-order valence-electron chi connectivity index (χ2n) is 5.64. The minimum atomic E-state index is -0.217. The predicted molar refractivity (Wildman–Crippen MR) is 80.0 cm³/mol. The zero-order valence-electron chi connectivity index (χ0n) is 11.4. The number of benzene rings is 1. The number of nitrogens with zero attached hydrogens (tertiary/aromatic N) is 2. The average Bonchev–Trinajstić information content (AvgIpc) is 2.62. The monoisotopic (exact) mass is 320 g/mol. The molecule has 19 heavy (non-hydrogen) atoms. The summed E-state index contributed by atoms with van der Waals surface area (Å²) in [5, 5.41) is 19.7. The van der Waals surface area contributed by atoms with Crippen molar-refractivity contribution in [3.8, 4) is 6.07 Å². The van der Waals surface area contributed by atoms with Crippen LogP contribution >= 0.6 is 15.9 Å². The smallest absolute Gasteiger partial charge is 0.102 e. The fourth-order valence-corrected chi connectivity index (χ4v) is 2.62. The van der Waals surface area contributed by atoms with Crippen molar-refractivity contribution in [1.82, 2.24) is 4.57 Å². The molecule has 0 aliphatic carbocycles. The zero-order valence-corrected chi connectivity index (χ0v) is 13.0. The summed E-state index contributed by atoms with van der Waals surface area (Å²) in [5.74, 6) is 0. The first-order chi connectivity index (χ1) is 8.89. The summed E-state index contributed by atoms with van der Waals surface area (Å²) >= 11 is 3.47. The fourth-order valence-electron chi connectivity index (χ4n) is 2.27. The van der Waals surface area contributed by atoms with Gasteiger partial charge in [0, 0.05) is 34.1 Å². The number of fused-ring (bicyclic) bond motifs is 1. The summed E-state index contributed by atoms with van der Waals surface area (Å²) in [6.45, 7) is 6.79. The number of rotatable bonds is 3. The summed E-state index contributed by atoms with van der Waals surface area (Å²) < 4.78 is 3.11. The average molecular weight is 321 g/mol. The first kappa shape index (κ1) is 14.1. The van der Waals surface area contributed by atoms with Crippen LogP contribution in [0.3, 0.4) is 0 Å². The molecule has 4 heteroatoms. The van der Waals surface area contributed by atoms with Crippen molar-refractivity contribution in [3.63, 3.8) is 0 Å². The number of aliphatic hydroxyl groups excluding tert-OH is 1. The minimum absolute atomic E-state index is 0.113. The molecule has 0 unspecified atom stereocenters. The number of aliphatic hydroxyl groups is 1. The molecule has 0 saturated carbocycles. The number of nitriles is 1. The molecule has 0 radical (unpaired) electrons. The van der Waals surface area contributed by atoms with E-state index in [-0.39, 0.29) is 12.0 Å². The van der Waals surface area contributed by atoms with Gasteiger partial charge in [-0.15, -0.1) is 0 Å². The van der Waals surface area contributed by atoms with Crippen LogP contribution in [0.25, 0.3) is 10.9 Å².